The van der Waals surface area contributed by atoms with Crippen molar-refractivity contribution in [3.05, 3.63) is 40.9 Å². The predicted octanol–water partition coefficient (Wildman–Crippen LogP) is 3.30. The summed E-state index contributed by atoms with van der Waals surface area (Å²) in [5.74, 6) is -0.481. The van der Waals surface area contributed by atoms with Crippen molar-refractivity contribution in [2.75, 3.05) is 19.7 Å². The van der Waals surface area contributed by atoms with E-state index in [4.69, 9.17) is 0 Å². The number of hydrogen-bond acceptors (Lipinski definition) is 5. The third-order valence-electron chi connectivity index (χ3n) is 3.13. The lowest BCUT2D eigenvalue weighted by atomic mass is 10.1. The van der Waals surface area contributed by atoms with Crippen LogP contribution in [0.2, 0.25) is 0 Å². The van der Waals surface area contributed by atoms with Crippen LogP contribution in [0.15, 0.2) is 29.6 Å². The Kier molecular flexibility index (Phi) is 6.56. The topological polar surface area (TPSA) is 80.3 Å². The molecule has 0 spiro atoms. The largest absolute Gasteiger partial charge is 0.450 e. The fourth-order valence-electron chi connectivity index (χ4n) is 1.95. The minimum atomic E-state index is -4.45. The first-order chi connectivity index (χ1) is 12.3. The molecule has 0 radical (unpaired) electrons. The van der Waals surface area contributed by atoms with Gasteiger partial charge in [-0.05, 0) is 19.1 Å². The van der Waals surface area contributed by atoms with Gasteiger partial charge < -0.3 is 15.4 Å². The summed E-state index contributed by atoms with van der Waals surface area (Å²) in [7, 11) is 0. The SMILES string of the molecule is CCOC(=O)NCCNC(=O)c1csc(-c2cccc(C(F)(F)F)c2)n1. The number of alkyl carbamates (subject to hydrolysis) is 1. The maximum absolute atomic E-state index is 12.8. The molecule has 0 unspecified atom stereocenters. The molecule has 0 saturated heterocycles. The molecule has 0 aliphatic rings. The number of rotatable bonds is 6. The van der Waals surface area contributed by atoms with Gasteiger partial charge in [-0.2, -0.15) is 13.2 Å². The normalized spacial score (nSPS) is 11.1. The number of carbonyl (C=O) groups is 2. The molecule has 0 fully saturated rings. The van der Waals surface area contributed by atoms with Gasteiger partial charge in [0.15, 0.2) is 0 Å². The lowest BCUT2D eigenvalue weighted by Gasteiger charge is -2.07. The van der Waals surface area contributed by atoms with Gasteiger partial charge in [0.1, 0.15) is 10.7 Å². The molecule has 6 nitrogen and oxygen atoms in total. The predicted molar refractivity (Wildman–Crippen MR) is 89.9 cm³/mol. The highest BCUT2D eigenvalue weighted by atomic mass is 32.1. The van der Waals surface area contributed by atoms with E-state index in [2.05, 4.69) is 20.4 Å². The fraction of sp³-hybridized carbons (Fsp3) is 0.312. The third-order valence-corrected chi connectivity index (χ3v) is 4.02. The van der Waals surface area contributed by atoms with Crippen LogP contribution in [0.3, 0.4) is 0 Å². The molecule has 0 bridgehead atoms. The van der Waals surface area contributed by atoms with Gasteiger partial charge in [0, 0.05) is 24.0 Å². The minimum absolute atomic E-state index is 0.0959. The Morgan fingerprint density at radius 2 is 1.96 bits per heavy atom. The van der Waals surface area contributed by atoms with Crippen LogP contribution in [0.4, 0.5) is 18.0 Å². The number of alkyl halides is 3. The number of thiazole rings is 1. The van der Waals surface area contributed by atoms with Crippen molar-refractivity contribution in [3.63, 3.8) is 0 Å². The van der Waals surface area contributed by atoms with E-state index in [0.717, 1.165) is 23.5 Å². The molecule has 2 amide bonds. The van der Waals surface area contributed by atoms with Crippen LogP contribution in [0.1, 0.15) is 23.0 Å². The molecule has 1 heterocycles. The molecule has 2 aromatic rings. The van der Waals surface area contributed by atoms with Crippen LogP contribution in [0.25, 0.3) is 10.6 Å². The number of carbonyl (C=O) groups excluding carboxylic acids is 2. The maximum atomic E-state index is 12.8. The molecule has 26 heavy (non-hydrogen) atoms. The average molecular weight is 387 g/mol. The van der Waals surface area contributed by atoms with Gasteiger partial charge in [0.05, 0.1) is 12.2 Å². The number of ether oxygens (including phenoxy) is 1. The van der Waals surface area contributed by atoms with Crippen LogP contribution in [-0.2, 0) is 10.9 Å². The molecule has 0 aliphatic carbocycles. The van der Waals surface area contributed by atoms with E-state index in [1.807, 2.05) is 0 Å². The van der Waals surface area contributed by atoms with Crippen molar-refractivity contribution in [1.29, 1.82) is 0 Å². The van der Waals surface area contributed by atoms with Crippen LogP contribution in [0.5, 0.6) is 0 Å². The Morgan fingerprint density at radius 3 is 2.65 bits per heavy atom. The second-order valence-electron chi connectivity index (χ2n) is 5.02. The summed E-state index contributed by atoms with van der Waals surface area (Å²) in [6.45, 7) is 2.25. The van der Waals surface area contributed by atoms with E-state index in [0.29, 0.717) is 5.01 Å². The van der Waals surface area contributed by atoms with Gasteiger partial charge in [0.2, 0.25) is 0 Å². The molecular weight excluding hydrogens is 371 g/mol. The van der Waals surface area contributed by atoms with E-state index in [-0.39, 0.29) is 31.0 Å². The Hall–Kier alpha value is -2.62. The van der Waals surface area contributed by atoms with E-state index in [1.165, 1.54) is 17.5 Å². The lowest BCUT2D eigenvalue weighted by Crippen LogP contribution is -2.35. The molecule has 1 aromatic heterocycles. The summed E-state index contributed by atoms with van der Waals surface area (Å²) in [5, 5.41) is 6.77. The zero-order chi connectivity index (χ0) is 19.2. The summed E-state index contributed by atoms with van der Waals surface area (Å²) < 4.78 is 43.0. The van der Waals surface area contributed by atoms with Gasteiger partial charge in [-0.3, -0.25) is 4.79 Å². The van der Waals surface area contributed by atoms with E-state index in [9.17, 15) is 22.8 Å². The summed E-state index contributed by atoms with van der Waals surface area (Å²) in [6.07, 6.45) is -5.03. The minimum Gasteiger partial charge on any atom is -0.450 e. The number of amides is 2. The molecule has 0 aliphatic heterocycles. The third kappa shape index (κ3) is 5.45. The molecule has 140 valence electrons. The van der Waals surface area contributed by atoms with Crippen LogP contribution >= 0.6 is 11.3 Å². The quantitative estimate of drug-likeness (QED) is 0.746. The van der Waals surface area contributed by atoms with Gasteiger partial charge >= 0.3 is 12.3 Å². The maximum Gasteiger partial charge on any atom is 0.416 e. The van der Waals surface area contributed by atoms with Crippen molar-refractivity contribution < 1.29 is 27.5 Å². The zero-order valence-electron chi connectivity index (χ0n) is 13.7. The molecular formula is C16H16F3N3O3S. The highest BCUT2D eigenvalue weighted by Gasteiger charge is 2.30. The van der Waals surface area contributed by atoms with Crippen molar-refractivity contribution in [3.8, 4) is 10.6 Å². The molecule has 0 saturated carbocycles. The van der Waals surface area contributed by atoms with Crippen LogP contribution < -0.4 is 10.6 Å². The standard InChI is InChI=1S/C16H16F3N3O3S/c1-2-25-15(24)21-7-6-20-13(23)12-9-26-14(22-12)10-4-3-5-11(8-10)16(17,18)19/h3-5,8-9H,2,6-7H2,1H3,(H,20,23)(H,21,24). The van der Waals surface area contributed by atoms with Crippen molar-refractivity contribution in [2.24, 2.45) is 0 Å². The number of aromatic nitrogens is 1. The summed E-state index contributed by atoms with van der Waals surface area (Å²) in [4.78, 5) is 27.1. The summed E-state index contributed by atoms with van der Waals surface area (Å²) in [5.41, 5.74) is -0.396. The molecule has 1 aromatic carbocycles. The average Bonchev–Trinajstić information content (AvgIpc) is 3.08. The number of halogens is 3. The van der Waals surface area contributed by atoms with Crippen molar-refractivity contribution in [2.45, 2.75) is 13.1 Å². The van der Waals surface area contributed by atoms with E-state index in [1.54, 1.807) is 6.92 Å². The Morgan fingerprint density at radius 1 is 1.23 bits per heavy atom. The van der Waals surface area contributed by atoms with Gasteiger partial charge in [-0.1, -0.05) is 12.1 Å². The highest BCUT2D eigenvalue weighted by molar-refractivity contribution is 7.13. The van der Waals surface area contributed by atoms with Gasteiger partial charge in [-0.15, -0.1) is 11.3 Å². The molecule has 2 rings (SSSR count). The van der Waals surface area contributed by atoms with Crippen LogP contribution in [0, 0.1) is 0 Å². The number of nitrogens with zero attached hydrogens (tertiary/aromatic N) is 1. The highest BCUT2D eigenvalue weighted by Crippen LogP contribution is 2.33. The zero-order valence-corrected chi connectivity index (χ0v) is 14.5. The monoisotopic (exact) mass is 387 g/mol. The van der Waals surface area contributed by atoms with E-state index >= 15 is 0 Å². The molecule has 10 heteroatoms. The lowest BCUT2D eigenvalue weighted by molar-refractivity contribution is -0.137. The van der Waals surface area contributed by atoms with E-state index < -0.39 is 23.7 Å². The Balaban J connectivity index is 1.95. The first-order valence-electron chi connectivity index (χ1n) is 7.63. The second-order valence-corrected chi connectivity index (χ2v) is 5.88. The smallest absolute Gasteiger partial charge is 0.416 e. The summed E-state index contributed by atoms with van der Waals surface area (Å²) in [6, 6.07) is 4.75. The molecule has 2 N–H and O–H groups in total. The van der Waals surface area contributed by atoms with Gasteiger partial charge in [0.25, 0.3) is 5.91 Å². The number of benzene rings is 1. The Bertz CT molecular complexity index is 777. The van der Waals surface area contributed by atoms with Gasteiger partial charge in [-0.25, -0.2) is 9.78 Å². The van der Waals surface area contributed by atoms with Crippen molar-refractivity contribution in [1.82, 2.24) is 15.6 Å². The molecule has 0 atom stereocenters. The fourth-order valence-corrected chi connectivity index (χ4v) is 2.75. The second kappa shape index (κ2) is 8.65. The van der Waals surface area contributed by atoms with Crippen LogP contribution in [-0.4, -0.2) is 36.7 Å². The number of hydrogen-bond donors (Lipinski definition) is 2. The first-order valence-corrected chi connectivity index (χ1v) is 8.51. The number of nitrogens with one attached hydrogen (secondary N) is 2. The summed E-state index contributed by atoms with van der Waals surface area (Å²) >= 11 is 1.07. The van der Waals surface area contributed by atoms with Crippen molar-refractivity contribution >= 4 is 23.3 Å². The Labute approximate surface area is 151 Å². The first kappa shape index (κ1) is 19.7.